The number of aryl methyl sites for hydroxylation is 2. The molecular weight excluding hydrogens is 1000 g/mol. The van der Waals surface area contributed by atoms with Crippen LogP contribution in [0, 0.1) is 12.7 Å². The lowest BCUT2D eigenvalue weighted by Gasteiger charge is -2.33. The van der Waals surface area contributed by atoms with Gasteiger partial charge in [-0.25, -0.2) is 4.39 Å². The van der Waals surface area contributed by atoms with Crippen molar-refractivity contribution in [1.29, 1.82) is 0 Å². The number of rotatable bonds is 14. The lowest BCUT2D eigenvalue weighted by molar-refractivity contribution is -0.121. The summed E-state index contributed by atoms with van der Waals surface area (Å²) >= 11 is 12.3. The summed E-state index contributed by atoms with van der Waals surface area (Å²) in [6.07, 6.45) is 9.57. The molecule has 1 unspecified atom stereocenters. The van der Waals surface area contributed by atoms with Crippen LogP contribution in [0.5, 0.6) is 23.0 Å². The first-order valence-corrected chi connectivity index (χ1v) is 26.0. The molecule has 9 aromatic rings. The number of carbonyl (C=O) groups excluding carboxylic acids is 2. The maximum atomic E-state index is 12.2. The number of likely N-dealkylation sites (N-methyl/N-ethyl adjacent to an activating group) is 1. The number of hydrogen-bond donors (Lipinski definition) is 2. The molecule has 0 spiro atoms. The number of ether oxygens (including phenoxy) is 4. The van der Waals surface area contributed by atoms with Crippen molar-refractivity contribution in [3.05, 3.63) is 201 Å². The number of para-hydroxylation sites is 1. The number of nitrogens with one attached hydrogen (secondary N) is 2. The van der Waals surface area contributed by atoms with Crippen molar-refractivity contribution in [1.82, 2.24) is 34.8 Å². The minimum Gasteiger partial charge on any atom is -0.497 e. The first-order valence-electron chi connectivity index (χ1n) is 25.3. The summed E-state index contributed by atoms with van der Waals surface area (Å²) in [5, 5.41) is 11.8. The SMILES string of the molecule is CCCCOc1ccccc1.CN1CCc2c([nH]c3ccc(Cl)cc23)C1c1cccc(OCCCn2ccnn2)c1.COc1ccc(C)cc1.O=CN1CCc2c([nH]c3ccc(Cl)cc23)C1.O=COc1ccc(F)cc1. The van der Waals surface area contributed by atoms with Gasteiger partial charge in [0.15, 0.2) is 0 Å². The average molecular weight is 1070 g/mol. The standard InChI is InChI=1S/C23H24ClN5O.C12H11ClN2O.C10H14O.C8H10O.C7H5FO2/c1-28-11-8-19-20-15-17(24)6-7-21(20)26-22(19)23(28)16-4-2-5-18(14-16)30-13-3-10-29-12-9-25-27-29;13-8-1-2-11-10(5-8)9-3-4-15(7-16)6-12(9)14-11;1-2-3-9-11-10-7-5-4-6-8-10;1-7-3-5-8(9-2)6-4-7;8-6-1-3-7(4-2-6)10-5-9/h2,4-7,9,12,14-15,23,26H,3,8,10-11,13H2,1H3;1-2,5,7,14H,3-4,6H2;4-8H,2-3,9H2,1H3;3-6H,1-2H3;1-5H. The van der Waals surface area contributed by atoms with Gasteiger partial charge in [-0.3, -0.25) is 19.2 Å². The summed E-state index contributed by atoms with van der Waals surface area (Å²) in [5.74, 6) is 2.78. The van der Waals surface area contributed by atoms with Gasteiger partial charge in [0.1, 0.15) is 28.8 Å². The Bertz CT molecular complexity index is 3190. The van der Waals surface area contributed by atoms with Crippen LogP contribution in [-0.2, 0) is 35.5 Å². The summed E-state index contributed by atoms with van der Waals surface area (Å²) in [5.41, 5.74) is 9.79. The fourth-order valence-electron chi connectivity index (χ4n) is 8.76. The second-order valence-corrected chi connectivity index (χ2v) is 19.0. The molecule has 0 bridgehead atoms. The van der Waals surface area contributed by atoms with Gasteiger partial charge in [-0.05, 0) is 147 Å². The molecule has 16 heteroatoms. The number of methoxy groups -OCH3 is 1. The average Bonchev–Trinajstić information content (AvgIpc) is 4.25. The fraction of sp³-hybridized carbons (Fsp3) is 0.267. The van der Waals surface area contributed by atoms with Crippen molar-refractivity contribution in [3.8, 4) is 23.0 Å². The molecule has 0 saturated carbocycles. The molecule has 13 nitrogen and oxygen atoms in total. The smallest absolute Gasteiger partial charge is 0.298 e. The number of amides is 1. The van der Waals surface area contributed by atoms with E-state index in [1.54, 1.807) is 18.2 Å². The number of hydrogen-bond acceptors (Lipinski definition) is 9. The lowest BCUT2D eigenvalue weighted by Crippen LogP contribution is -2.32. The number of nitrogens with zero attached hydrogens (tertiary/aromatic N) is 5. The summed E-state index contributed by atoms with van der Waals surface area (Å²) in [6, 6.07) is 43.6. The monoisotopic (exact) mass is 1070 g/mol. The molecule has 0 radical (unpaired) electrons. The van der Waals surface area contributed by atoms with Gasteiger partial charge in [0.05, 0.1) is 39.1 Å². The number of benzene rings is 6. The number of carbonyl (C=O) groups is 2. The lowest BCUT2D eigenvalue weighted by atomic mass is 9.93. The van der Waals surface area contributed by atoms with Gasteiger partial charge in [0, 0.05) is 75.5 Å². The van der Waals surface area contributed by atoms with Gasteiger partial charge in [0.2, 0.25) is 6.41 Å². The van der Waals surface area contributed by atoms with Crippen molar-refractivity contribution in [2.75, 3.05) is 40.5 Å². The Kier molecular flexibility index (Phi) is 21.3. The van der Waals surface area contributed by atoms with Gasteiger partial charge < -0.3 is 33.8 Å². The van der Waals surface area contributed by atoms with Gasteiger partial charge in [-0.2, -0.15) is 0 Å². The molecule has 1 atom stereocenters. The third-order valence-corrected chi connectivity index (χ3v) is 13.1. The number of fused-ring (bicyclic) bond motifs is 6. The zero-order valence-corrected chi connectivity index (χ0v) is 44.8. The van der Waals surface area contributed by atoms with Crippen molar-refractivity contribution >= 4 is 57.9 Å². The van der Waals surface area contributed by atoms with Crippen LogP contribution >= 0.6 is 23.2 Å². The second-order valence-electron chi connectivity index (χ2n) is 18.1. The molecule has 76 heavy (non-hydrogen) atoms. The Morgan fingerprint density at radius 3 is 2.05 bits per heavy atom. The summed E-state index contributed by atoms with van der Waals surface area (Å²) < 4.78 is 34.9. The predicted molar refractivity (Wildman–Crippen MR) is 299 cm³/mol. The summed E-state index contributed by atoms with van der Waals surface area (Å²) in [4.78, 5) is 31.6. The highest BCUT2D eigenvalue weighted by Crippen LogP contribution is 2.39. The van der Waals surface area contributed by atoms with E-state index in [9.17, 15) is 14.0 Å². The quantitative estimate of drug-likeness (QED) is 0.0804. The molecule has 0 saturated heterocycles. The van der Waals surface area contributed by atoms with Crippen LogP contribution in [0.1, 0.15) is 65.9 Å². The number of aromatic nitrogens is 5. The molecule has 2 N–H and O–H groups in total. The first kappa shape index (κ1) is 56.1. The normalized spacial score (nSPS) is 13.4. The number of unbranched alkanes of at least 4 members (excludes halogenated alkanes) is 1. The Morgan fingerprint density at radius 1 is 0.724 bits per heavy atom. The third kappa shape index (κ3) is 16.2. The van der Waals surface area contributed by atoms with Gasteiger partial charge in [-0.1, -0.05) is 89.8 Å². The number of halogens is 3. The zero-order chi connectivity index (χ0) is 53.7. The van der Waals surface area contributed by atoms with E-state index in [2.05, 4.69) is 81.1 Å². The molecule has 0 aliphatic carbocycles. The molecule has 1 amide bonds. The molecule has 396 valence electrons. The van der Waals surface area contributed by atoms with E-state index in [-0.39, 0.29) is 11.9 Å². The molecule has 6 aromatic carbocycles. The largest absolute Gasteiger partial charge is 0.497 e. The molecule has 2 aliphatic heterocycles. The number of H-pyrrole nitrogens is 2. The summed E-state index contributed by atoms with van der Waals surface area (Å²) in [7, 11) is 3.85. The minimum absolute atomic E-state index is 0.165. The molecule has 2 aliphatic rings. The van der Waals surface area contributed by atoms with Crippen LogP contribution in [0.15, 0.2) is 152 Å². The van der Waals surface area contributed by atoms with Crippen LogP contribution in [0.3, 0.4) is 0 Å². The highest BCUT2D eigenvalue weighted by molar-refractivity contribution is 6.31. The van der Waals surface area contributed by atoms with Crippen LogP contribution in [-0.4, -0.2) is 88.1 Å². The molecule has 5 heterocycles. The predicted octanol–water partition coefficient (Wildman–Crippen LogP) is 13.0. The summed E-state index contributed by atoms with van der Waals surface area (Å²) in [6.45, 7) is 9.24. The Labute approximate surface area is 453 Å². The van der Waals surface area contributed by atoms with Crippen molar-refractivity contribution in [2.45, 2.75) is 65.1 Å². The fourth-order valence-corrected chi connectivity index (χ4v) is 9.11. The maximum Gasteiger partial charge on any atom is 0.298 e. The van der Waals surface area contributed by atoms with Crippen LogP contribution in [0.2, 0.25) is 10.0 Å². The van der Waals surface area contributed by atoms with E-state index in [1.165, 1.54) is 69.4 Å². The highest BCUT2D eigenvalue weighted by atomic mass is 35.5. The van der Waals surface area contributed by atoms with Crippen molar-refractivity contribution in [2.24, 2.45) is 0 Å². The Morgan fingerprint density at radius 2 is 1.38 bits per heavy atom. The topological polar surface area (TPSA) is 140 Å². The van der Waals surface area contributed by atoms with Gasteiger partial charge in [-0.15, -0.1) is 5.10 Å². The second kappa shape index (κ2) is 28.9. The first-order chi connectivity index (χ1) is 37.0. The highest BCUT2D eigenvalue weighted by Gasteiger charge is 2.30. The van der Waals surface area contributed by atoms with Crippen LogP contribution in [0.4, 0.5) is 4.39 Å². The van der Waals surface area contributed by atoms with E-state index < -0.39 is 0 Å². The molecule has 0 fully saturated rings. The minimum atomic E-state index is -0.349. The zero-order valence-electron chi connectivity index (χ0n) is 43.3. The Hall–Kier alpha value is -7.65. The number of aromatic amines is 2. The van der Waals surface area contributed by atoms with E-state index in [0.29, 0.717) is 25.4 Å². The van der Waals surface area contributed by atoms with E-state index in [1.807, 2.05) is 95.8 Å². The van der Waals surface area contributed by atoms with E-state index in [0.717, 1.165) is 102 Å². The van der Waals surface area contributed by atoms with E-state index >= 15 is 0 Å². The van der Waals surface area contributed by atoms with E-state index in [4.69, 9.17) is 37.4 Å². The van der Waals surface area contributed by atoms with Gasteiger partial charge >= 0.3 is 0 Å². The van der Waals surface area contributed by atoms with Crippen molar-refractivity contribution < 1.29 is 32.9 Å². The third-order valence-electron chi connectivity index (χ3n) is 12.7. The molecule has 11 rings (SSSR count). The molecular formula is C60H64Cl2FN7O6. The van der Waals surface area contributed by atoms with Crippen LogP contribution in [0.25, 0.3) is 21.8 Å². The Balaban J connectivity index is 0.000000153. The van der Waals surface area contributed by atoms with Gasteiger partial charge in [0.25, 0.3) is 6.47 Å². The maximum absolute atomic E-state index is 12.2. The van der Waals surface area contributed by atoms with Crippen molar-refractivity contribution in [3.63, 3.8) is 0 Å². The molecule has 3 aromatic heterocycles. The van der Waals surface area contributed by atoms with Crippen LogP contribution < -0.4 is 18.9 Å².